The third kappa shape index (κ3) is 5.00. The van der Waals surface area contributed by atoms with E-state index in [9.17, 15) is 0 Å². The van der Waals surface area contributed by atoms with Gasteiger partial charge in [0.25, 0.3) is 0 Å². The van der Waals surface area contributed by atoms with E-state index in [4.69, 9.17) is 17.3 Å². The number of hydrazone groups is 1. The van der Waals surface area contributed by atoms with Crippen LogP contribution >= 0.6 is 28.1 Å². The molecule has 0 bridgehead atoms. The van der Waals surface area contributed by atoms with Gasteiger partial charge in [-0.3, -0.25) is 5.43 Å². The first-order valence-corrected chi connectivity index (χ1v) is 10.5. The van der Waals surface area contributed by atoms with Gasteiger partial charge in [-0.15, -0.1) is 0 Å². The monoisotopic (exact) mass is 475 g/mol. The first kappa shape index (κ1) is 20.0. The molecule has 0 fully saturated rings. The first-order valence-electron chi connectivity index (χ1n) is 9.25. The predicted octanol–water partition coefficient (Wildman–Crippen LogP) is 5.62. The van der Waals surface area contributed by atoms with Gasteiger partial charge in [-0.05, 0) is 48.6 Å². The van der Waals surface area contributed by atoms with E-state index < -0.39 is 0 Å². The van der Waals surface area contributed by atoms with Crippen molar-refractivity contribution < 1.29 is 0 Å². The van der Waals surface area contributed by atoms with Crippen molar-refractivity contribution in [3.05, 3.63) is 101 Å². The number of anilines is 1. The van der Waals surface area contributed by atoms with Crippen molar-refractivity contribution in [3.8, 4) is 16.9 Å². The molecule has 0 radical (unpaired) electrons. The molecular weight excluding hydrogens is 458 g/mol. The van der Waals surface area contributed by atoms with E-state index >= 15 is 0 Å². The summed E-state index contributed by atoms with van der Waals surface area (Å²) in [5, 5.41) is 12.6. The van der Waals surface area contributed by atoms with Crippen molar-refractivity contribution in [1.82, 2.24) is 15.2 Å². The van der Waals surface area contributed by atoms with Gasteiger partial charge < -0.3 is 5.32 Å². The maximum absolute atomic E-state index is 5.31. The fourth-order valence-corrected chi connectivity index (χ4v) is 3.30. The molecule has 30 heavy (non-hydrogen) atoms. The Morgan fingerprint density at radius 1 is 0.933 bits per heavy atom. The van der Waals surface area contributed by atoms with E-state index in [2.05, 4.69) is 31.8 Å². The van der Waals surface area contributed by atoms with Gasteiger partial charge in [-0.1, -0.05) is 64.5 Å². The lowest BCUT2D eigenvalue weighted by molar-refractivity contribution is 0.884. The van der Waals surface area contributed by atoms with Crippen LogP contribution in [0.4, 0.5) is 5.69 Å². The second-order valence-electron chi connectivity index (χ2n) is 6.41. The number of aromatic nitrogens is 2. The van der Waals surface area contributed by atoms with Crippen molar-refractivity contribution in [2.24, 2.45) is 5.10 Å². The smallest absolute Gasteiger partial charge is 0.191 e. The van der Waals surface area contributed by atoms with Crippen LogP contribution in [0.2, 0.25) is 0 Å². The summed E-state index contributed by atoms with van der Waals surface area (Å²) in [6.45, 7) is 0. The molecule has 4 rings (SSSR count). The summed E-state index contributed by atoms with van der Waals surface area (Å²) in [5.74, 6) is 0. The second-order valence-corrected chi connectivity index (χ2v) is 7.73. The minimum Gasteiger partial charge on any atom is -0.331 e. The lowest BCUT2D eigenvalue weighted by Crippen LogP contribution is -2.23. The van der Waals surface area contributed by atoms with Crippen molar-refractivity contribution in [3.63, 3.8) is 0 Å². The molecule has 1 heterocycles. The van der Waals surface area contributed by atoms with E-state index in [1.54, 1.807) is 6.21 Å². The maximum Gasteiger partial charge on any atom is 0.191 e. The molecule has 0 saturated carbocycles. The number of hydrogen-bond donors (Lipinski definition) is 2. The Kier molecular flexibility index (Phi) is 6.32. The highest BCUT2D eigenvalue weighted by atomic mass is 79.9. The summed E-state index contributed by atoms with van der Waals surface area (Å²) in [6.07, 6.45) is 3.67. The molecule has 2 N–H and O–H groups in total. The molecule has 0 aliphatic rings. The molecule has 148 valence electrons. The Morgan fingerprint density at radius 2 is 1.60 bits per heavy atom. The van der Waals surface area contributed by atoms with Crippen molar-refractivity contribution >= 4 is 45.2 Å². The summed E-state index contributed by atoms with van der Waals surface area (Å²) in [4.78, 5) is 0. The Bertz CT molecular complexity index is 1160. The van der Waals surface area contributed by atoms with Crippen molar-refractivity contribution in [1.29, 1.82) is 0 Å². The number of halogens is 1. The molecule has 0 unspecified atom stereocenters. The van der Waals surface area contributed by atoms with Crippen LogP contribution in [0, 0.1) is 0 Å². The number of hydrogen-bond acceptors (Lipinski definition) is 3. The SMILES string of the molecule is S=C(N/N=C\c1cn(-c2ccccc2)nc1-c1ccc(Br)cc1)Nc1ccccc1. The normalized spacial score (nSPS) is 10.8. The van der Waals surface area contributed by atoms with Crippen LogP contribution in [0.5, 0.6) is 0 Å². The number of para-hydroxylation sites is 2. The summed E-state index contributed by atoms with van der Waals surface area (Å²) < 4.78 is 2.86. The number of thiocarbonyl (C=S) groups is 1. The molecule has 0 aliphatic heterocycles. The molecule has 0 amide bonds. The van der Waals surface area contributed by atoms with Gasteiger partial charge in [-0.2, -0.15) is 10.2 Å². The van der Waals surface area contributed by atoms with Crippen LogP contribution in [0.15, 0.2) is 101 Å². The predicted molar refractivity (Wildman–Crippen MR) is 130 cm³/mol. The van der Waals surface area contributed by atoms with Gasteiger partial charge in [0.2, 0.25) is 0 Å². The fourth-order valence-electron chi connectivity index (χ4n) is 2.87. The minimum absolute atomic E-state index is 0.415. The van der Waals surface area contributed by atoms with Gasteiger partial charge in [0.15, 0.2) is 5.11 Å². The molecule has 0 saturated heterocycles. The van der Waals surface area contributed by atoms with Gasteiger partial charge in [-0.25, -0.2) is 4.68 Å². The summed E-state index contributed by atoms with van der Waals surface area (Å²) in [6, 6.07) is 27.7. The van der Waals surface area contributed by atoms with Gasteiger partial charge in [0.1, 0.15) is 5.69 Å². The summed E-state index contributed by atoms with van der Waals surface area (Å²) in [5.41, 5.74) is 7.44. The largest absolute Gasteiger partial charge is 0.331 e. The Balaban J connectivity index is 1.57. The summed E-state index contributed by atoms with van der Waals surface area (Å²) in [7, 11) is 0. The topological polar surface area (TPSA) is 54.2 Å². The Hall–Kier alpha value is -3.29. The van der Waals surface area contributed by atoms with E-state index in [0.29, 0.717) is 5.11 Å². The fraction of sp³-hybridized carbons (Fsp3) is 0. The molecular formula is C23H18BrN5S. The molecule has 0 spiro atoms. The molecule has 7 heteroatoms. The lowest BCUT2D eigenvalue weighted by Gasteiger charge is -2.06. The van der Waals surface area contributed by atoms with Crippen molar-refractivity contribution in [2.75, 3.05) is 5.32 Å². The molecule has 3 aromatic carbocycles. The number of nitrogens with one attached hydrogen (secondary N) is 2. The quantitative estimate of drug-likeness (QED) is 0.223. The summed E-state index contributed by atoms with van der Waals surface area (Å²) >= 11 is 8.79. The molecule has 0 aliphatic carbocycles. The Morgan fingerprint density at radius 3 is 2.30 bits per heavy atom. The zero-order valence-corrected chi connectivity index (χ0v) is 18.3. The van der Waals surface area contributed by atoms with Crippen LogP contribution in [0.3, 0.4) is 0 Å². The van der Waals surface area contributed by atoms with Crippen LogP contribution < -0.4 is 10.7 Å². The minimum atomic E-state index is 0.415. The van der Waals surface area contributed by atoms with Gasteiger partial charge >= 0.3 is 0 Å². The van der Waals surface area contributed by atoms with Crippen LogP contribution in [-0.2, 0) is 0 Å². The highest BCUT2D eigenvalue weighted by Crippen LogP contribution is 2.24. The maximum atomic E-state index is 5.31. The average Bonchev–Trinajstić information content (AvgIpc) is 3.20. The van der Waals surface area contributed by atoms with E-state index in [0.717, 1.165) is 32.7 Å². The second kappa shape index (κ2) is 9.47. The van der Waals surface area contributed by atoms with Crippen LogP contribution in [0.1, 0.15) is 5.56 Å². The molecule has 4 aromatic rings. The highest BCUT2D eigenvalue weighted by molar-refractivity contribution is 9.10. The third-order valence-corrected chi connectivity index (χ3v) is 5.00. The third-order valence-electron chi connectivity index (χ3n) is 4.28. The lowest BCUT2D eigenvalue weighted by atomic mass is 10.1. The van der Waals surface area contributed by atoms with Crippen LogP contribution in [0.25, 0.3) is 16.9 Å². The zero-order chi connectivity index (χ0) is 20.8. The Labute approximate surface area is 188 Å². The van der Waals surface area contributed by atoms with Crippen molar-refractivity contribution in [2.45, 2.75) is 0 Å². The van der Waals surface area contributed by atoms with E-state index in [1.807, 2.05) is 95.8 Å². The van der Waals surface area contributed by atoms with Gasteiger partial charge in [0, 0.05) is 27.5 Å². The van der Waals surface area contributed by atoms with Gasteiger partial charge in [0.05, 0.1) is 11.9 Å². The number of nitrogens with zero attached hydrogens (tertiary/aromatic N) is 3. The standard InChI is InChI=1S/C23H18BrN5S/c24-19-13-11-17(12-14-19)22-18(16-29(28-22)21-9-5-2-6-10-21)15-25-27-23(30)26-20-7-3-1-4-8-20/h1-16H,(H2,26,27,30)/b25-15-. The molecule has 0 atom stereocenters. The number of rotatable bonds is 5. The van der Waals surface area contributed by atoms with E-state index in [-0.39, 0.29) is 0 Å². The zero-order valence-electron chi connectivity index (χ0n) is 15.9. The van der Waals surface area contributed by atoms with Crippen LogP contribution in [-0.4, -0.2) is 21.1 Å². The first-order chi connectivity index (χ1) is 14.7. The number of benzene rings is 3. The average molecular weight is 476 g/mol. The molecule has 1 aromatic heterocycles. The highest BCUT2D eigenvalue weighted by Gasteiger charge is 2.11. The molecule has 5 nitrogen and oxygen atoms in total. The van der Waals surface area contributed by atoms with E-state index in [1.165, 1.54) is 0 Å².